The van der Waals surface area contributed by atoms with Crippen LogP contribution < -0.4 is 10.1 Å². The molecule has 0 spiro atoms. The van der Waals surface area contributed by atoms with Gasteiger partial charge in [-0.15, -0.1) is 0 Å². The van der Waals surface area contributed by atoms with E-state index in [4.69, 9.17) is 21.1 Å². The van der Waals surface area contributed by atoms with E-state index in [1.165, 1.54) is 16.4 Å². The number of nitrogens with zero attached hydrogens (tertiary/aromatic N) is 1. The van der Waals surface area contributed by atoms with Crippen molar-refractivity contribution >= 4 is 33.2 Å². The molecule has 164 valence electrons. The molecule has 0 radical (unpaired) electrons. The first-order chi connectivity index (χ1) is 14.3. The van der Waals surface area contributed by atoms with Crippen molar-refractivity contribution in [2.75, 3.05) is 38.2 Å². The molecule has 1 amide bonds. The van der Waals surface area contributed by atoms with E-state index >= 15 is 0 Å². The van der Waals surface area contributed by atoms with Crippen molar-refractivity contribution in [3.63, 3.8) is 0 Å². The Labute approximate surface area is 183 Å². The number of halogens is 1. The van der Waals surface area contributed by atoms with Crippen molar-refractivity contribution in [1.82, 2.24) is 4.31 Å². The number of rotatable bonds is 11. The second-order valence-electron chi connectivity index (χ2n) is 6.23. The fourth-order valence-corrected chi connectivity index (χ4v) is 4.77. The lowest BCUT2D eigenvalue weighted by atomic mass is 10.2. The number of anilines is 1. The van der Waals surface area contributed by atoms with Gasteiger partial charge in [0.15, 0.2) is 0 Å². The van der Waals surface area contributed by atoms with Gasteiger partial charge in [-0.1, -0.05) is 37.6 Å². The van der Waals surface area contributed by atoms with Gasteiger partial charge in [-0.05, 0) is 37.3 Å². The van der Waals surface area contributed by atoms with Crippen LogP contribution in [-0.4, -0.2) is 51.5 Å². The molecule has 0 aromatic heterocycles. The number of para-hydroxylation sites is 1. The number of hydrogen-bond acceptors (Lipinski definition) is 5. The number of nitrogens with one attached hydrogen (secondary N) is 1. The van der Waals surface area contributed by atoms with Gasteiger partial charge in [-0.3, -0.25) is 4.79 Å². The number of hydrogen-bond donors (Lipinski definition) is 1. The molecule has 9 heteroatoms. The fourth-order valence-electron chi connectivity index (χ4n) is 2.81. The van der Waals surface area contributed by atoms with Gasteiger partial charge < -0.3 is 14.8 Å². The Morgan fingerprint density at radius 3 is 2.43 bits per heavy atom. The molecule has 0 saturated carbocycles. The summed E-state index contributed by atoms with van der Waals surface area (Å²) in [5.74, 6) is -0.00447. The van der Waals surface area contributed by atoms with Crippen molar-refractivity contribution < 1.29 is 22.7 Å². The highest BCUT2D eigenvalue weighted by Gasteiger charge is 2.25. The summed E-state index contributed by atoms with van der Waals surface area (Å²) in [5, 5.41) is 2.82. The van der Waals surface area contributed by atoms with Gasteiger partial charge in [0.25, 0.3) is 5.91 Å². The molecule has 2 aromatic carbocycles. The first-order valence-corrected chi connectivity index (χ1v) is 11.6. The second kappa shape index (κ2) is 11.3. The number of amides is 1. The van der Waals surface area contributed by atoms with E-state index in [1.807, 2.05) is 6.92 Å². The Kier molecular flexibility index (Phi) is 9.10. The SMILES string of the molecule is CCOCCOc1ccccc1C(=O)Nc1ccc(Cl)c(S(=O)(=O)N(CC)CC)c1. The predicted octanol–water partition coefficient (Wildman–Crippen LogP) is 4.04. The van der Waals surface area contributed by atoms with Crippen molar-refractivity contribution in [2.45, 2.75) is 25.7 Å². The van der Waals surface area contributed by atoms with Crippen LogP contribution in [0.25, 0.3) is 0 Å². The zero-order chi connectivity index (χ0) is 22.1. The molecular formula is C21H27ClN2O5S. The molecule has 7 nitrogen and oxygen atoms in total. The van der Waals surface area contributed by atoms with E-state index in [0.717, 1.165) is 0 Å². The second-order valence-corrected chi connectivity index (χ2v) is 8.54. The van der Waals surface area contributed by atoms with Crippen LogP contribution in [0, 0.1) is 0 Å². The van der Waals surface area contributed by atoms with E-state index in [9.17, 15) is 13.2 Å². The maximum atomic E-state index is 12.8. The Balaban J connectivity index is 2.25. The minimum Gasteiger partial charge on any atom is -0.490 e. The molecule has 0 fully saturated rings. The van der Waals surface area contributed by atoms with Gasteiger partial charge in [0.1, 0.15) is 17.3 Å². The molecule has 0 unspecified atom stereocenters. The number of sulfonamides is 1. The highest BCUT2D eigenvalue weighted by Crippen LogP contribution is 2.28. The molecule has 2 rings (SSSR count). The third-order valence-electron chi connectivity index (χ3n) is 4.33. The summed E-state index contributed by atoms with van der Waals surface area (Å²) >= 11 is 6.15. The third kappa shape index (κ3) is 5.95. The molecule has 0 aliphatic carbocycles. The van der Waals surface area contributed by atoms with Crippen LogP contribution in [0.5, 0.6) is 5.75 Å². The topological polar surface area (TPSA) is 84.9 Å². The molecule has 0 atom stereocenters. The lowest BCUT2D eigenvalue weighted by Gasteiger charge is -2.20. The highest BCUT2D eigenvalue weighted by atomic mass is 35.5. The van der Waals surface area contributed by atoms with Crippen LogP contribution in [0.15, 0.2) is 47.4 Å². The van der Waals surface area contributed by atoms with Crippen molar-refractivity contribution in [3.8, 4) is 5.75 Å². The molecule has 0 bridgehead atoms. The summed E-state index contributed by atoms with van der Waals surface area (Å²) in [4.78, 5) is 12.8. The summed E-state index contributed by atoms with van der Waals surface area (Å²) in [6.45, 7) is 7.34. The lowest BCUT2D eigenvalue weighted by Crippen LogP contribution is -2.30. The van der Waals surface area contributed by atoms with Crippen LogP contribution in [0.3, 0.4) is 0 Å². The van der Waals surface area contributed by atoms with Gasteiger partial charge in [0.2, 0.25) is 10.0 Å². The molecule has 0 aliphatic heterocycles. The van der Waals surface area contributed by atoms with E-state index in [2.05, 4.69) is 5.32 Å². The maximum absolute atomic E-state index is 12.8. The Bertz CT molecular complexity index is 962. The van der Waals surface area contributed by atoms with Crippen molar-refractivity contribution in [2.24, 2.45) is 0 Å². The monoisotopic (exact) mass is 454 g/mol. The Morgan fingerprint density at radius 2 is 1.77 bits per heavy atom. The van der Waals surface area contributed by atoms with Crippen LogP contribution in [0.2, 0.25) is 5.02 Å². The maximum Gasteiger partial charge on any atom is 0.259 e. The first kappa shape index (κ1) is 24.1. The average molecular weight is 455 g/mol. The average Bonchev–Trinajstić information content (AvgIpc) is 2.73. The highest BCUT2D eigenvalue weighted by molar-refractivity contribution is 7.89. The van der Waals surface area contributed by atoms with E-state index in [1.54, 1.807) is 44.2 Å². The Morgan fingerprint density at radius 1 is 1.07 bits per heavy atom. The molecule has 1 N–H and O–H groups in total. The van der Waals surface area contributed by atoms with Crippen LogP contribution in [0.4, 0.5) is 5.69 Å². The number of benzene rings is 2. The molecular weight excluding hydrogens is 428 g/mol. The minimum atomic E-state index is -3.77. The largest absolute Gasteiger partial charge is 0.490 e. The number of carbonyl (C=O) groups is 1. The third-order valence-corrected chi connectivity index (χ3v) is 6.86. The molecule has 0 heterocycles. The van der Waals surface area contributed by atoms with E-state index in [0.29, 0.717) is 49.9 Å². The summed E-state index contributed by atoms with van der Waals surface area (Å²) in [6, 6.07) is 11.2. The van der Waals surface area contributed by atoms with E-state index < -0.39 is 15.9 Å². The fraction of sp³-hybridized carbons (Fsp3) is 0.381. The number of carbonyl (C=O) groups excluding carboxylic acids is 1. The van der Waals surface area contributed by atoms with Gasteiger partial charge in [0.05, 0.1) is 17.2 Å². The van der Waals surface area contributed by atoms with Crippen LogP contribution in [-0.2, 0) is 14.8 Å². The summed E-state index contributed by atoms with van der Waals surface area (Å²) in [5.41, 5.74) is 0.649. The lowest BCUT2D eigenvalue weighted by molar-refractivity contribution is 0.0998. The first-order valence-electron chi connectivity index (χ1n) is 9.75. The van der Waals surface area contributed by atoms with E-state index in [-0.39, 0.29) is 9.92 Å². The number of ether oxygens (including phenoxy) is 2. The standard InChI is InChI=1S/C21H27ClN2O5S/c1-4-24(5-2)30(26,27)20-15-16(11-12-18(20)22)23-21(25)17-9-7-8-10-19(17)29-14-13-28-6-3/h7-12,15H,4-6,13-14H2,1-3H3,(H,23,25). The van der Waals surface area contributed by atoms with Crippen molar-refractivity contribution in [1.29, 1.82) is 0 Å². The molecule has 0 saturated heterocycles. The molecule has 0 aliphatic rings. The minimum absolute atomic E-state index is 0.0492. The van der Waals surface area contributed by atoms with Gasteiger partial charge in [0, 0.05) is 25.4 Å². The van der Waals surface area contributed by atoms with Gasteiger partial charge >= 0.3 is 0 Å². The zero-order valence-corrected chi connectivity index (χ0v) is 18.9. The summed E-state index contributed by atoms with van der Waals surface area (Å²) < 4.78 is 37.9. The quantitative estimate of drug-likeness (QED) is 0.518. The van der Waals surface area contributed by atoms with Crippen LogP contribution >= 0.6 is 11.6 Å². The van der Waals surface area contributed by atoms with Gasteiger partial charge in [-0.25, -0.2) is 8.42 Å². The van der Waals surface area contributed by atoms with Crippen molar-refractivity contribution in [3.05, 3.63) is 53.1 Å². The normalized spacial score (nSPS) is 11.5. The predicted molar refractivity (Wildman–Crippen MR) is 118 cm³/mol. The zero-order valence-electron chi connectivity index (χ0n) is 17.4. The molecule has 2 aromatic rings. The summed E-state index contributed by atoms with van der Waals surface area (Å²) in [6.07, 6.45) is 0. The van der Waals surface area contributed by atoms with Crippen LogP contribution in [0.1, 0.15) is 31.1 Å². The molecule has 30 heavy (non-hydrogen) atoms. The smallest absolute Gasteiger partial charge is 0.259 e. The summed E-state index contributed by atoms with van der Waals surface area (Å²) in [7, 11) is -3.77. The van der Waals surface area contributed by atoms with Gasteiger partial charge in [-0.2, -0.15) is 4.31 Å². The Hall–Kier alpha value is -2.13.